The van der Waals surface area contributed by atoms with Gasteiger partial charge in [-0.05, 0) is 50.0 Å². The summed E-state index contributed by atoms with van der Waals surface area (Å²) in [4.78, 5) is 36.1. The fourth-order valence-electron chi connectivity index (χ4n) is 3.30. The quantitative estimate of drug-likeness (QED) is 0.616. The van der Waals surface area contributed by atoms with E-state index in [1.54, 1.807) is 0 Å². The number of carbonyl (C=O) groups excluding carboxylic acids is 3. The summed E-state index contributed by atoms with van der Waals surface area (Å²) >= 11 is 3.40. The van der Waals surface area contributed by atoms with E-state index < -0.39 is 11.3 Å². The molecule has 1 aromatic rings. The van der Waals surface area contributed by atoms with Crippen molar-refractivity contribution in [1.29, 1.82) is 0 Å². The number of carbonyl (C=O) groups is 3. The molecule has 1 aliphatic rings. The Morgan fingerprint density at radius 2 is 1.95 bits per heavy atom. The van der Waals surface area contributed by atoms with Crippen LogP contribution in [0.4, 0.5) is 0 Å². The Hall–Kier alpha value is -1.55. The van der Waals surface area contributed by atoms with Crippen LogP contribution in [0.1, 0.15) is 38.2 Å². The van der Waals surface area contributed by atoms with E-state index in [-0.39, 0.29) is 11.6 Å². The van der Waals surface area contributed by atoms with Crippen molar-refractivity contribution < 1.29 is 14.4 Å². The van der Waals surface area contributed by atoms with Crippen LogP contribution in [0.3, 0.4) is 0 Å². The number of ketones is 2. The number of allylic oxidation sites excluding steroid dienone is 2. The molecule has 0 aliphatic heterocycles. The van der Waals surface area contributed by atoms with Crippen LogP contribution >= 0.6 is 15.9 Å². The summed E-state index contributed by atoms with van der Waals surface area (Å²) in [6, 6.07) is 7.45. The second kappa shape index (κ2) is 6.06. The van der Waals surface area contributed by atoms with Gasteiger partial charge in [0.25, 0.3) is 0 Å². The number of aldehydes is 1. The zero-order valence-corrected chi connectivity index (χ0v) is 13.6. The predicted molar refractivity (Wildman–Crippen MR) is 84.1 cm³/mol. The molecule has 0 heterocycles. The van der Waals surface area contributed by atoms with E-state index in [1.165, 1.54) is 13.8 Å². The summed E-state index contributed by atoms with van der Waals surface area (Å²) in [5.74, 6) is -0.851. The van der Waals surface area contributed by atoms with Crippen LogP contribution in [0.25, 0.3) is 0 Å². The fraction of sp³-hybridized carbons (Fsp3) is 0.353. The van der Waals surface area contributed by atoms with Gasteiger partial charge in [0.05, 0.1) is 5.41 Å². The van der Waals surface area contributed by atoms with Gasteiger partial charge in [0.1, 0.15) is 17.9 Å². The molecule has 2 rings (SSSR count). The highest BCUT2D eigenvalue weighted by Gasteiger charge is 2.50. The van der Waals surface area contributed by atoms with Gasteiger partial charge in [-0.2, -0.15) is 0 Å². The van der Waals surface area contributed by atoms with E-state index in [9.17, 15) is 14.4 Å². The topological polar surface area (TPSA) is 51.2 Å². The summed E-state index contributed by atoms with van der Waals surface area (Å²) in [5, 5.41) is 0. The van der Waals surface area contributed by atoms with Gasteiger partial charge in [0.15, 0.2) is 0 Å². The molecule has 0 bridgehead atoms. The Morgan fingerprint density at radius 1 is 1.29 bits per heavy atom. The van der Waals surface area contributed by atoms with Crippen LogP contribution in [-0.2, 0) is 14.4 Å². The average Bonchev–Trinajstić information content (AvgIpc) is 2.45. The van der Waals surface area contributed by atoms with Gasteiger partial charge >= 0.3 is 0 Å². The van der Waals surface area contributed by atoms with Crippen molar-refractivity contribution in [2.24, 2.45) is 5.41 Å². The maximum atomic E-state index is 12.3. The van der Waals surface area contributed by atoms with Gasteiger partial charge in [-0.3, -0.25) is 14.4 Å². The van der Waals surface area contributed by atoms with Crippen LogP contribution < -0.4 is 0 Å². The van der Waals surface area contributed by atoms with Crippen molar-refractivity contribution >= 4 is 33.8 Å². The highest BCUT2D eigenvalue weighted by Crippen LogP contribution is 2.49. The molecule has 0 aromatic heterocycles. The summed E-state index contributed by atoms with van der Waals surface area (Å²) in [5.41, 5.74) is 0.198. The molecule has 1 atom stereocenters. The van der Waals surface area contributed by atoms with Crippen LogP contribution in [0.2, 0.25) is 0 Å². The number of Topliss-reactive ketones (excluding diaryl/α,β-unsaturated/α-hetero) is 2. The maximum absolute atomic E-state index is 12.3. The van der Waals surface area contributed by atoms with Crippen molar-refractivity contribution in [3.05, 3.63) is 46.0 Å². The average molecular weight is 349 g/mol. The summed E-state index contributed by atoms with van der Waals surface area (Å²) in [6.07, 6.45) is 3.62. The summed E-state index contributed by atoms with van der Waals surface area (Å²) in [7, 11) is 0. The van der Waals surface area contributed by atoms with Gasteiger partial charge in [0, 0.05) is 10.4 Å². The lowest BCUT2D eigenvalue weighted by atomic mass is 9.59. The number of rotatable bonds is 4. The van der Waals surface area contributed by atoms with Crippen LogP contribution in [0, 0.1) is 5.41 Å². The summed E-state index contributed by atoms with van der Waals surface area (Å²) < 4.78 is 0.858. The Morgan fingerprint density at radius 3 is 2.48 bits per heavy atom. The molecule has 0 unspecified atom stereocenters. The molecular weight excluding hydrogens is 332 g/mol. The Bertz CT molecular complexity index is 617. The number of benzene rings is 1. The van der Waals surface area contributed by atoms with E-state index in [2.05, 4.69) is 15.9 Å². The third-order valence-electron chi connectivity index (χ3n) is 4.32. The smallest absolute Gasteiger partial charge is 0.146 e. The van der Waals surface area contributed by atoms with Gasteiger partial charge in [0.2, 0.25) is 0 Å². The molecule has 21 heavy (non-hydrogen) atoms. The standard InChI is InChI=1S/C17H17BrO3/c1-11(20)17(12(2)21)8-4-6-14(10-19)16(17)13-5-3-7-15(18)9-13/h3,5-7,9-10,16H,4,8H2,1-2H3/t16-/m1/s1. The molecule has 110 valence electrons. The molecule has 0 N–H and O–H groups in total. The second-order valence-electron chi connectivity index (χ2n) is 5.43. The maximum Gasteiger partial charge on any atom is 0.146 e. The molecule has 1 aromatic carbocycles. The molecule has 0 saturated carbocycles. The van der Waals surface area contributed by atoms with Crippen LogP contribution in [-0.4, -0.2) is 17.9 Å². The highest BCUT2D eigenvalue weighted by molar-refractivity contribution is 9.10. The van der Waals surface area contributed by atoms with Crippen molar-refractivity contribution in [2.45, 2.75) is 32.6 Å². The molecule has 3 nitrogen and oxygen atoms in total. The van der Waals surface area contributed by atoms with E-state index in [0.29, 0.717) is 18.4 Å². The molecule has 0 spiro atoms. The predicted octanol–water partition coefficient (Wildman–Crippen LogP) is 3.62. The molecule has 1 aliphatic carbocycles. The lowest BCUT2D eigenvalue weighted by Gasteiger charge is -2.40. The SMILES string of the molecule is CC(=O)C1(C(C)=O)CCC=C(C=O)[C@H]1c1cccc(Br)c1. The van der Waals surface area contributed by atoms with Gasteiger partial charge < -0.3 is 0 Å². The van der Waals surface area contributed by atoms with Crippen molar-refractivity contribution in [1.82, 2.24) is 0 Å². The molecule has 4 heteroatoms. The third kappa shape index (κ3) is 2.64. The number of hydrogen-bond donors (Lipinski definition) is 0. The fourth-order valence-corrected chi connectivity index (χ4v) is 3.72. The van der Waals surface area contributed by atoms with E-state index in [4.69, 9.17) is 0 Å². The second-order valence-corrected chi connectivity index (χ2v) is 6.35. The molecule has 0 amide bonds. The molecular formula is C17H17BrO3. The molecule has 0 saturated heterocycles. The van der Waals surface area contributed by atoms with Gasteiger partial charge in [-0.15, -0.1) is 0 Å². The first-order chi connectivity index (χ1) is 9.93. The minimum Gasteiger partial charge on any atom is -0.299 e. The van der Waals surface area contributed by atoms with E-state index in [0.717, 1.165) is 16.3 Å². The third-order valence-corrected chi connectivity index (χ3v) is 4.81. The zero-order valence-electron chi connectivity index (χ0n) is 12.1. The highest BCUT2D eigenvalue weighted by atomic mass is 79.9. The van der Waals surface area contributed by atoms with E-state index in [1.807, 2.05) is 30.3 Å². The number of hydrogen-bond acceptors (Lipinski definition) is 3. The van der Waals surface area contributed by atoms with Crippen LogP contribution in [0.15, 0.2) is 40.4 Å². The Kier molecular flexibility index (Phi) is 4.57. The van der Waals surface area contributed by atoms with Gasteiger partial charge in [-0.1, -0.05) is 34.1 Å². The van der Waals surface area contributed by atoms with Crippen molar-refractivity contribution in [3.63, 3.8) is 0 Å². The Balaban J connectivity index is 2.70. The Labute approximate surface area is 132 Å². The zero-order chi connectivity index (χ0) is 15.6. The minimum absolute atomic E-state index is 0.174. The first kappa shape index (κ1) is 15.8. The first-order valence-electron chi connectivity index (χ1n) is 6.86. The monoisotopic (exact) mass is 348 g/mol. The van der Waals surface area contributed by atoms with Crippen LogP contribution in [0.5, 0.6) is 0 Å². The van der Waals surface area contributed by atoms with Crippen molar-refractivity contribution in [2.75, 3.05) is 0 Å². The normalized spacial score (nSPS) is 20.5. The number of halogens is 1. The lowest BCUT2D eigenvalue weighted by Crippen LogP contribution is -2.44. The first-order valence-corrected chi connectivity index (χ1v) is 7.65. The van der Waals surface area contributed by atoms with E-state index >= 15 is 0 Å². The summed E-state index contributed by atoms with van der Waals surface area (Å²) in [6.45, 7) is 2.89. The lowest BCUT2D eigenvalue weighted by molar-refractivity contribution is -0.140. The molecule has 0 fully saturated rings. The van der Waals surface area contributed by atoms with Crippen molar-refractivity contribution in [3.8, 4) is 0 Å². The largest absolute Gasteiger partial charge is 0.299 e. The molecule has 0 radical (unpaired) electrons. The van der Waals surface area contributed by atoms with Gasteiger partial charge in [-0.25, -0.2) is 0 Å². The minimum atomic E-state index is -1.13.